The zero-order valence-corrected chi connectivity index (χ0v) is 16.3. The van der Waals surface area contributed by atoms with E-state index in [2.05, 4.69) is 12.2 Å². The number of nitrogens with one attached hydrogen (secondary N) is 1. The minimum atomic E-state index is -0.191. The van der Waals surface area contributed by atoms with E-state index in [0.717, 1.165) is 36.7 Å². The highest BCUT2D eigenvalue weighted by Crippen LogP contribution is 2.29. The van der Waals surface area contributed by atoms with Crippen molar-refractivity contribution in [2.75, 3.05) is 19.7 Å². The van der Waals surface area contributed by atoms with Gasteiger partial charge in [0.05, 0.1) is 5.56 Å². The third kappa shape index (κ3) is 4.79. The number of carbonyl (C=O) groups excluding carboxylic acids is 2. The summed E-state index contributed by atoms with van der Waals surface area (Å²) in [5.41, 5.74) is 0.528. The Kier molecular flexibility index (Phi) is 5.99. The van der Waals surface area contributed by atoms with Crippen LogP contribution in [0.5, 0.6) is 5.75 Å². The summed E-state index contributed by atoms with van der Waals surface area (Å²) in [6, 6.07) is 11.7. The second-order valence-electron chi connectivity index (χ2n) is 7.68. The number of carbonyl (C=O) groups is 2. The van der Waals surface area contributed by atoms with E-state index in [4.69, 9.17) is 4.74 Å². The second-order valence-corrected chi connectivity index (χ2v) is 7.68. The topological polar surface area (TPSA) is 58.6 Å². The van der Waals surface area contributed by atoms with Gasteiger partial charge in [0.1, 0.15) is 5.75 Å². The van der Waals surface area contributed by atoms with Crippen LogP contribution >= 0.6 is 0 Å². The van der Waals surface area contributed by atoms with Crippen molar-refractivity contribution in [3.8, 4) is 5.75 Å². The standard InChI is InChI=1S/C22H28N2O3/c1-15(2)23-21(25)14-27-20-13-18-7-5-4-6-17(18)12-19(20)22(26)24-10-8-16(3)9-11-24/h4-7,12-13,15-16H,8-11,14H2,1-3H3,(H,23,25). The zero-order valence-electron chi connectivity index (χ0n) is 16.3. The van der Waals surface area contributed by atoms with E-state index in [0.29, 0.717) is 17.2 Å². The third-order valence-electron chi connectivity index (χ3n) is 4.96. The van der Waals surface area contributed by atoms with Gasteiger partial charge in [-0.05, 0) is 55.5 Å². The molecule has 2 aromatic carbocycles. The van der Waals surface area contributed by atoms with Gasteiger partial charge in [-0.3, -0.25) is 9.59 Å². The summed E-state index contributed by atoms with van der Waals surface area (Å²) < 4.78 is 5.78. The van der Waals surface area contributed by atoms with Crippen molar-refractivity contribution in [3.05, 3.63) is 42.0 Å². The van der Waals surface area contributed by atoms with Crippen molar-refractivity contribution in [1.82, 2.24) is 10.2 Å². The van der Waals surface area contributed by atoms with E-state index in [1.54, 1.807) is 0 Å². The lowest BCUT2D eigenvalue weighted by Crippen LogP contribution is -2.38. The first-order valence-electron chi connectivity index (χ1n) is 9.68. The quantitative estimate of drug-likeness (QED) is 0.877. The highest BCUT2D eigenvalue weighted by atomic mass is 16.5. The van der Waals surface area contributed by atoms with E-state index in [-0.39, 0.29) is 24.5 Å². The van der Waals surface area contributed by atoms with E-state index in [1.165, 1.54) is 0 Å². The maximum atomic E-state index is 13.1. The molecule has 0 saturated carbocycles. The van der Waals surface area contributed by atoms with Gasteiger partial charge in [0, 0.05) is 19.1 Å². The van der Waals surface area contributed by atoms with Gasteiger partial charge in [-0.25, -0.2) is 0 Å². The molecule has 0 unspecified atom stereocenters. The molecule has 5 heteroatoms. The number of nitrogens with zero attached hydrogens (tertiary/aromatic N) is 1. The van der Waals surface area contributed by atoms with Crippen LogP contribution in [0.2, 0.25) is 0 Å². The van der Waals surface area contributed by atoms with Crippen molar-refractivity contribution < 1.29 is 14.3 Å². The van der Waals surface area contributed by atoms with Gasteiger partial charge >= 0.3 is 0 Å². The van der Waals surface area contributed by atoms with Gasteiger partial charge in [0.25, 0.3) is 11.8 Å². The lowest BCUT2D eigenvalue weighted by atomic mass is 9.98. The van der Waals surface area contributed by atoms with Crippen molar-refractivity contribution in [2.45, 2.75) is 39.7 Å². The van der Waals surface area contributed by atoms with Gasteiger partial charge in [0.2, 0.25) is 0 Å². The van der Waals surface area contributed by atoms with Crippen LogP contribution < -0.4 is 10.1 Å². The molecule has 1 aliphatic rings. The molecule has 0 aromatic heterocycles. The molecule has 0 spiro atoms. The van der Waals surface area contributed by atoms with Crippen molar-refractivity contribution in [2.24, 2.45) is 5.92 Å². The molecule has 1 fully saturated rings. The number of fused-ring (bicyclic) bond motifs is 1. The highest BCUT2D eigenvalue weighted by Gasteiger charge is 2.24. The zero-order chi connectivity index (χ0) is 19.4. The maximum absolute atomic E-state index is 13.1. The van der Waals surface area contributed by atoms with E-state index < -0.39 is 0 Å². The molecule has 2 aromatic rings. The van der Waals surface area contributed by atoms with E-state index in [1.807, 2.05) is 55.1 Å². The lowest BCUT2D eigenvalue weighted by molar-refractivity contribution is -0.123. The first-order valence-corrected chi connectivity index (χ1v) is 9.68. The van der Waals surface area contributed by atoms with E-state index in [9.17, 15) is 9.59 Å². The van der Waals surface area contributed by atoms with Gasteiger partial charge < -0.3 is 15.0 Å². The fraction of sp³-hybridized carbons (Fsp3) is 0.455. The smallest absolute Gasteiger partial charge is 0.258 e. The van der Waals surface area contributed by atoms with Crippen LogP contribution in [-0.2, 0) is 4.79 Å². The number of likely N-dealkylation sites (tertiary alicyclic amines) is 1. The Hall–Kier alpha value is -2.56. The van der Waals surface area contributed by atoms with Crippen LogP contribution in [0, 0.1) is 5.92 Å². The molecule has 1 heterocycles. The monoisotopic (exact) mass is 368 g/mol. The predicted octanol–water partition coefficient (Wildman–Crippen LogP) is 3.62. The lowest BCUT2D eigenvalue weighted by Gasteiger charge is -2.30. The number of ether oxygens (including phenoxy) is 1. The minimum Gasteiger partial charge on any atom is -0.483 e. The molecule has 0 bridgehead atoms. The molecule has 0 aliphatic carbocycles. The molecule has 0 radical (unpaired) electrons. The fourth-order valence-electron chi connectivity index (χ4n) is 3.39. The molecule has 1 saturated heterocycles. The first-order chi connectivity index (χ1) is 12.9. The predicted molar refractivity (Wildman–Crippen MR) is 107 cm³/mol. The molecule has 1 aliphatic heterocycles. The summed E-state index contributed by atoms with van der Waals surface area (Å²) in [6.45, 7) is 7.45. The molecule has 3 rings (SSSR count). The number of amides is 2. The third-order valence-corrected chi connectivity index (χ3v) is 4.96. The SMILES string of the molecule is CC1CCN(C(=O)c2cc3ccccc3cc2OCC(=O)NC(C)C)CC1. The van der Waals surface area contributed by atoms with Crippen LogP contribution in [0.4, 0.5) is 0 Å². The molecule has 5 nitrogen and oxygen atoms in total. The summed E-state index contributed by atoms with van der Waals surface area (Å²) in [5, 5.41) is 4.79. The van der Waals surface area contributed by atoms with Crippen LogP contribution in [0.3, 0.4) is 0 Å². The minimum absolute atomic E-state index is 0.0214. The molecule has 1 N–H and O–H groups in total. The molecule has 0 atom stereocenters. The summed E-state index contributed by atoms with van der Waals surface area (Å²) in [4.78, 5) is 27.0. The number of benzene rings is 2. The Morgan fingerprint density at radius 1 is 1.15 bits per heavy atom. The Morgan fingerprint density at radius 2 is 1.78 bits per heavy atom. The number of hydrogen-bond acceptors (Lipinski definition) is 3. The summed E-state index contributed by atoms with van der Waals surface area (Å²) in [7, 11) is 0. The van der Waals surface area contributed by atoms with Crippen molar-refractivity contribution >= 4 is 22.6 Å². The van der Waals surface area contributed by atoms with Gasteiger partial charge in [0.15, 0.2) is 6.61 Å². The van der Waals surface area contributed by atoms with Crippen LogP contribution in [0.15, 0.2) is 36.4 Å². The number of rotatable bonds is 5. The van der Waals surface area contributed by atoms with Gasteiger partial charge in [-0.2, -0.15) is 0 Å². The van der Waals surface area contributed by atoms with Gasteiger partial charge in [-0.15, -0.1) is 0 Å². The Morgan fingerprint density at radius 3 is 2.41 bits per heavy atom. The van der Waals surface area contributed by atoms with Crippen LogP contribution in [0.25, 0.3) is 10.8 Å². The first kappa shape index (κ1) is 19.2. The highest BCUT2D eigenvalue weighted by molar-refractivity contribution is 6.01. The second kappa shape index (κ2) is 8.42. The summed E-state index contributed by atoms with van der Waals surface area (Å²) in [6.07, 6.45) is 2.04. The number of hydrogen-bond donors (Lipinski definition) is 1. The van der Waals surface area contributed by atoms with Crippen molar-refractivity contribution in [3.63, 3.8) is 0 Å². The molecule has 2 amide bonds. The Bertz CT molecular complexity index is 823. The maximum Gasteiger partial charge on any atom is 0.258 e. The van der Waals surface area contributed by atoms with Crippen LogP contribution in [-0.4, -0.2) is 42.5 Å². The molecular weight excluding hydrogens is 340 g/mol. The summed E-state index contributed by atoms with van der Waals surface area (Å²) >= 11 is 0. The largest absolute Gasteiger partial charge is 0.483 e. The Balaban J connectivity index is 1.87. The van der Waals surface area contributed by atoms with Crippen LogP contribution in [0.1, 0.15) is 44.0 Å². The Labute approximate surface area is 160 Å². The molecule has 27 heavy (non-hydrogen) atoms. The normalized spacial score (nSPS) is 15.2. The summed E-state index contributed by atoms with van der Waals surface area (Å²) in [5.74, 6) is 0.910. The van der Waals surface area contributed by atoms with Crippen molar-refractivity contribution in [1.29, 1.82) is 0 Å². The molecular formula is C22H28N2O3. The number of piperidine rings is 1. The average molecular weight is 368 g/mol. The average Bonchev–Trinajstić information content (AvgIpc) is 2.65. The van der Waals surface area contributed by atoms with Gasteiger partial charge in [-0.1, -0.05) is 31.2 Å². The van der Waals surface area contributed by atoms with E-state index >= 15 is 0 Å². The molecule has 144 valence electrons. The fourth-order valence-corrected chi connectivity index (χ4v) is 3.39.